The quantitative estimate of drug-likeness (QED) is 0.459. The molecule has 136 valence electrons. The summed E-state index contributed by atoms with van der Waals surface area (Å²) in [6, 6.07) is 8.72. The van der Waals surface area contributed by atoms with Crippen molar-refractivity contribution >= 4 is 50.0 Å². The van der Waals surface area contributed by atoms with Gasteiger partial charge in [-0.25, -0.2) is 14.3 Å². The Morgan fingerprint density at radius 2 is 2.00 bits per heavy atom. The van der Waals surface area contributed by atoms with Crippen molar-refractivity contribution < 1.29 is 0 Å². The molecule has 0 saturated heterocycles. The van der Waals surface area contributed by atoms with Gasteiger partial charge in [-0.15, -0.1) is 5.10 Å². The maximum absolute atomic E-state index is 12.9. The van der Waals surface area contributed by atoms with Crippen LogP contribution in [0.15, 0.2) is 45.9 Å². The molecule has 0 atom stereocenters. The molecular weight excluding hydrogens is 455 g/mol. The molecule has 0 aliphatic heterocycles. The molecule has 0 N–H and O–H groups in total. The topological polar surface area (TPSA) is 78.5 Å². The number of halogens is 3. The van der Waals surface area contributed by atoms with Gasteiger partial charge in [0.15, 0.2) is 5.82 Å². The lowest BCUT2D eigenvalue weighted by Crippen LogP contribution is -2.26. The molecule has 3 heterocycles. The van der Waals surface area contributed by atoms with Crippen LogP contribution in [0.3, 0.4) is 0 Å². The van der Waals surface area contributed by atoms with Gasteiger partial charge in [0.1, 0.15) is 10.1 Å². The molecule has 4 rings (SSSR count). The largest absolute Gasteiger partial charge is 0.278 e. The highest BCUT2D eigenvalue weighted by atomic mass is 79.9. The Kier molecular flexibility index (Phi) is 4.71. The summed E-state index contributed by atoms with van der Waals surface area (Å²) in [7, 11) is 0. The molecule has 0 spiro atoms. The summed E-state index contributed by atoms with van der Waals surface area (Å²) in [4.78, 5) is 17.1. The fourth-order valence-corrected chi connectivity index (χ4v) is 3.69. The maximum atomic E-state index is 12.9. The highest BCUT2D eigenvalue weighted by molar-refractivity contribution is 9.10. The highest BCUT2D eigenvalue weighted by Crippen LogP contribution is 2.22. The highest BCUT2D eigenvalue weighted by Gasteiger charge is 2.16. The van der Waals surface area contributed by atoms with Crippen molar-refractivity contribution in [3.8, 4) is 5.82 Å². The predicted molar refractivity (Wildman–Crippen MR) is 107 cm³/mol. The Bertz CT molecular complexity index is 1240. The second-order valence-electron chi connectivity index (χ2n) is 5.87. The average molecular weight is 466 g/mol. The Labute approximate surface area is 171 Å². The minimum absolute atomic E-state index is 0.138. The smallest absolute Gasteiger partial charge is 0.267 e. The van der Waals surface area contributed by atoms with Gasteiger partial charge < -0.3 is 0 Å². The van der Waals surface area contributed by atoms with Gasteiger partial charge in [-0.05, 0) is 58.7 Å². The lowest BCUT2D eigenvalue weighted by atomic mass is 10.2. The van der Waals surface area contributed by atoms with Gasteiger partial charge in [0.25, 0.3) is 5.56 Å². The van der Waals surface area contributed by atoms with Crippen molar-refractivity contribution in [3.05, 3.63) is 72.8 Å². The van der Waals surface area contributed by atoms with Crippen LogP contribution in [0.25, 0.3) is 16.7 Å². The summed E-state index contributed by atoms with van der Waals surface area (Å²) in [6.07, 6.45) is 1.62. The van der Waals surface area contributed by atoms with Gasteiger partial charge in [-0.3, -0.25) is 4.79 Å². The van der Waals surface area contributed by atoms with Gasteiger partial charge in [-0.2, -0.15) is 5.10 Å². The van der Waals surface area contributed by atoms with E-state index >= 15 is 0 Å². The van der Waals surface area contributed by atoms with Crippen molar-refractivity contribution in [2.75, 3.05) is 0 Å². The molecule has 0 amide bonds. The van der Waals surface area contributed by atoms with E-state index in [0.29, 0.717) is 37.1 Å². The van der Waals surface area contributed by atoms with Crippen LogP contribution in [-0.2, 0) is 6.54 Å². The number of aryl methyl sites for hydroxylation is 1. The second-order valence-corrected chi connectivity index (χ2v) is 7.50. The van der Waals surface area contributed by atoms with E-state index in [-0.39, 0.29) is 12.1 Å². The minimum atomic E-state index is -0.290. The monoisotopic (exact) mass is 464 g/mol. The first-order chi connectivity index (χ1) is 12.9. The number of hydrogen-bond donors (Lipinski definition) is 0. The third-order valence-corrected chi connectivity index (χ3v) is 4.90. The molecule has 0 unspecified atom stereocenters. The van der Waals surface area contributed by atoms with Gasteiger partial charge >= 0.3 is 0 Å². The van der Waals surface area contributed by atoms with Crippen molar-refractivity contribution in [2.45, 2.75) is 13.5 Å². The summed E-state index contributed by atoms with van der Waals surface area (Å²) >= 11 is 15.8. The van der Waals surface area contributed by atoms with Crippen LogP contribution in [0.5, 0.6) is 0 Å². The molecule has 1 aromatic carbocycles. The van der Waals surface area contributed by atoms with Crippen molar-refractivity contribution in [1.29, 1.82) is 0 Å². The standard InChI is InChI=1S/C17H11BrCl2N6O/c1-9-5-11-15(13(20)6-9)22-24-25(17(11)27)8-10-7-14(18)23-26(10)16-12(19)3-2-4-21-16/h2-7H,8H2,1H3. The third kappa shape index (κ3) is 3.36. The van der Waals surface area contributed by atoms with E-state index in [1.54, 1.807) is 41.2 Å². The molecule has 0 bridgehead atoms. The van der Waals surface area contributed by atoms with Gasteiger partial charge in [0.05, 0.1) is 27.7 Å². The lowest BCUT2D eigenvalue weighted by molar-refractivity contribution is 0.577. The van der Waals surface area contributed by atoms with E-state index in [4.69, 9.17) is 23.2 Å². The van der Waals surface area contributed by atoms with Crippen molar-refractivity contribution in [2.24, 2.45) is 0 Å². The van der Waals surface area contributed by atoms with Crippen LogP contribution in [0, 0.1) is 6.92 Å². The minimum Gasteiger partial charge on any atom is -0.267 e. The molecular formula is C17H11BrCl2N6O. The molecule has 4 aromatic rings. The zero-order valence-corrected chi connectivity index (χ0v) is 17.0. The first kappa shape index (κ1) is 18.1. The molecule has 3 aromatic heterocycles. The molecule has 0 aliphatic rings. The Hall–Kier alpha value is -2.29. The van der Waals surface area contributed by atoms with Crippen molar-refractivity contribution in [1.82, 2.24) is 29.8 Å². The first-order valence-corrected chi connectivity index (χ1v) is 9.38. The zero-order chi connectivity index (χ0) is 19.1. The fourth-order valence-electron chi connectivity index (χ4n) is 2.75. The molecule has 10 heteroatoms. The summed E-state index contributed by atoms with van der Waals surface area (Å²) in [5.41, 5.74) is 1.63. The van der Waals surface area contributed by atoms with Crippen LogP contribution in [-0.4, -0.2) is 29.8 Å². The van der Waals surface area contributed by atoms with Crippen LogP contribution in [0.1, 0.15) is 11.3 Å². The summed E-state index contributed by atoms with van der Waals surface area (Å²) < 4.78 is 3.41. The molecule has 0 saturated carbocycles. The molecule has 0 aliphatic carbocycles. The number of pyridine rings is 1. The summed E-state index contributed by atoms with van der Waals surface area (Å²) in [5.74, 6) is 0.459. The number of hydrogen-bond acceptors (Lipinski definition) is 5. The molecule has 7 nitrogen and oxygen atoms in total. The Morgan fingerprint density at radius 3 is 2.78 bits per heavy atom. The van der Waals surface area contributed by atoms with E-state index in [1.807, 2.05) is 6.92 Å². The zero-order valence-electron chi connectivity index (χ0n) is 13.9. The van der Waals surface area contributed by atoms with E-state index in [2.05, 4.69) is 36.3 Å². The summed E-state index contributed by atoms with van der Waals surface area (Å²) in [5, 5.41) is 13.7. The molecule has 27 heavy (non-hydrogen) atoms. The van der Waals surface area contributed by atoms with Gasteiger partial charge in [0.2, 0.25) is 0 Å². The number of nitrogens with zero attached hydrogens (tertiary/aromatic N) is 6. The number of fused-ring (bicyclic) bond motifs is 1. The van der Waals surface area contributed by atoms with Crippen molar-refractivity contribution in [3.63, 3.8) is 0 Å². The molecule has 0 fully saturated rings. The van der Waals surface area contributed by atoms with E-state index in [9.17, 15) is 4.79 Å². The van der Waals surface area contributed by atoms with Crippen LogP contribution < -0.4 is 5.56 Å². The lowest BCUT2D eigenvalue weighted by Gasteiger charge is -2.09. The maximum Gasteiger partial charge on any atom is 0.278 e. The van der Waals surface area contributed by atoms with E-state index in [1.165, 1.54) is 4.68 Å². The fraction of sp³-hybridized carbons (Fsp3) is 0.118. The first-order valence-electron chi connectivity index (χ1n) is 7.83. The average Bonchev–Trinajstić information content (AvgIpc) is 2.98. The van der Waals surface area contributed by atoms with Gasteiger partial charge in [-0.1, -0.05) is 28.4 Å². The molecule has 0 radical (unpaired) electrons. The Balaban J connectivity index is 1.83. The number of benzene rings is 1. The van der Waals surface area contributed by atoms with E-state index in [0.717, 1.165) is 5.56 Å². The summed E-state index contributed by atoms with van der Waals surface area (Å²) in [6.45, 7) is 2.00. The predicted octanol–water partition coefficient (Wildman–Crippen LogP) is 3.80. The van der Waals surface area contributed by atoms with Crippen LogP contribution in [0.2, 0.25) is 10.0 Å². The van der Waals surface area contributed by atoms with Crippen LogP contribution in [0.4, 0.5) is 0 Å². The number of aromatic nitrogens is 6. The Morgan fingerprint density at radius 1 is 1.19 bits per heavy atom. The normalized spacial score (nSPS) is 11.3. The van der Waals surface area contributed by atoms with Crippen LogP contribution >= 0.6 is 39.1 Å². The number of rotatable bonds is 3. The van der Waals surface area contributed by atoms with E-state index < -0.39 is 0 Å². The van der Waals surface area contributed by atoms with Gasteiger partial charge in [0, 0.05) is 6.20 Å². The second kappa shape index (κ2) is 7.03. The SMILES string of the molecule is Cc1cc(Cl)c2nnn(Cc3cc(Br)nn3-c3ncccc3Cl)c(=O)c2c1. The third-order valence-electron chi connectivity index (χ3n) is 3.93.